The van der Waals surface area contributed by atoms with Gasteiger partial charge in [-0.05, 0) is 31.2 Å². The van der Waals surface area contributed by atoms with Crippen LogP contribution in [0, 0.1) is 6.92 Å². The third-order valence-electron chi connectivity index (χ3n) is 2.92. The Labute approximate surface area is 127 Å². The molecule has 0 radical (unpaired) electrons. The van der Waals surface area contributed by atoms with Crippen molar-refractivity contribution in [1.29, 1.82) is 0 Å². The summed E-state index contributed by atoms with van der Waals surface area (Å²) in [5.41, 5.74) is 4.87. The molecule has 1 aromatic heterocycles. The van der Waals surface area contributed by atoms with Crippen LogP contribution >= 0.6 is 0 Å². The van der Waals surface area contributed by atoms with E-state index in [0.29, 0.717) is 11.3 Å². The molecule has 2 amide bonds. The topological polar surface area (TPSA) is 105 Å². The van der Waals surface area contributed by atoms with Crippen molar-refractivity contribution < 1.29 is 22.4 Å². The number of aryl methyl sites for hydroxylation is 1. The highest BCUT2D eigenvalue weighted by atomic mass is 32.2. The lowest BCUT2D eigenvalue weighted by molar-refractivity contribution is 0.0845. The standard InChI is InChI=1S/C14H14N2O5S/c1-9-12(6-7-21-9)14(18)16-15-13(17)10-4-3-5-11(8-10)22(2,19)20/h3-8H,1-2H3,(H,15,17)(H,16,18). The number of benzene rings is 1. The highest BCUT2D eigenvalue weighted by Gasteiger charge is 2.14. The largest absolute Gasteiger partial charge is 0.469 e. The summed E-state index contributed by atoms with van der Waals surface area (Å²) < 4.78 is 27.9. The zero-order chi connectivity index (χ0) is 16.3. The van der Waals surface area contributed by atoms with Gasteiger partial charge in [0.15, 0.2) is 9.84 Å². The van der Waals surface area contributed by atoms with E-state index in [0.717, 1.165) is 6.26 Å². The van der Waals surface area contributed by atoms with E-state index >= 15 is 0 Å². The fraction of sp³-hybridized carbons (Fsp3) is 0.143. The fourth-order valence-electron chi connectivity index (χ4n) is 1.74. The Bertz CT molecular complexity index is 823. The molecule has 0 aliphatic rings. The van der Waals surface area contributed by atoms with Gasteiger partial charge in [-0.2, -0.15) is 0 Å². The molecule has 1 heterocycles. The van der Waals surface area contributed by atoms with Crippen molar-refractivity contribution >= 4 is 21.7 Å². The predicted molar refractivity (Wildman–Crippen MR) is 77.9 cm³/mol. The molecule has 0 saturated heterocycles. The van der Waals surface area contributed by atoms with Gasteiger partial charge in [0.2, 0.25) is 0 Å². The summed E-state index contributed by atoms with van der Waals surface area (Å²) in [5.74, 6) is -0.732. The van der Waals surface area contributed by atoms with Gasteiger partial charge in [-0.15, -0.1) is 0 Å². The maximum Gasteiger partial charge on any atom is 0.273 e. The quantitative estimate of drug-likeness (QED) is 0.822. The fourth-order valence-corrected chi connectivity index (χ4v) is 2.41. The lowest BCUT2D eigenvalue weighted by Gasteiger charge is -2.07. The molecule has 1 aromatic carbocycles. The Hall–Kier alpha value is -2.61. The van der Waals surface area contributed by atoms with Crippen LogP contribution in [0.4, 0.5) is 0 Å². The zero-order valence-corrected chi connectivity index (χ0v) is 12.7. The third kappa shape index (κ3) is 3.53. The smallest absolute Gasteiger partial charge is 0.273 e. The number of hydrogen-bond donors (Lipinski definition) is 2. The van der Waals surface area contributed by atoms with Gasteiger partial charge in [0.1, 0.15) is 5.76 Å². The van der Waals surface area contributed by atoms with Crippen LogP contribution in [-0.4, -0.2) is 26.5 Å². The second kappa shape index (κ2) is 6.02. The highest BCUT2D eigenvalue weighted by Crippen LogP contribution is 2.11. The molecule has 0 saturated carbocycles. The average molecular weight is 322 g/mol. The first-order valence-corrected chi connectivity index (χ1v) is 8.13. The van der Waals surface area contributed by atoms with E-state index in [1.165, 1.54) is 36.6 Å². The molecule has 0 atom stereocenters. The van der Waals surface area contributed by atoms with Crippen molar-refractivity contribution in [3.63, 3.8) is 0 Å². The summed E-state index contributed by atoms with van der Waals surface area (Å²) in [6.07, 6.45) is 2.41. The molecule has 0 spiro atoms. The maximum atomic E-state index is 11.9. The molecule has 7 nitrogen and oxygen atoms in total. The SMILES string of the molecule is Cc1occc1C(=O)NNC(=O)c1cccc(S(C)(=O)=O)c1. The van der Waals surface area contributed by atoms with Gasteiger partial charge in [-0.25, -0.2) is 8.42 Å². The first-order chi connectivity index (χ1) is 10.3. The lowest BCUT2D eigenvalue weighted by atomic mass is 10.2. The van der Waals surface area contributed by atoms with Gasteiger partial charge in [0.25, 0.3) is 11.8 Å². The Morgan fingerprint density at radius 1 is 1.09 bits per heavy atom. The molecule has 0 fully saturated rings. The number of rotatable bonds is 3. The minimum atomic E-state index is -3.41. The average Bonchev–Trinajstić information content (AvgIpc) is 2.90. The number of carbonyl (C=O) groups excluding carboxylic acids is 2. The number of hydrazine groups is 1. The summed E-state index contributed by atoms with van der Waals surface area (Å²) in [4.78, 5) is 23.8. The number of hydrogen-bond acceptors (Lipinski definition) is 5. The first kappa shape index (κ1) is 15.8. The van der Waals surface area contributed by atoms with Crippen LogP contribution in [-0.2, 0) is 9.84 Å². The van der Waals surface area contributed by atoms with E-state index in [-0.39, 0.29) is 10.5 Å². The molecule has 0 bridgehead atoms. The number of nitrogens with one attached hydrogen (secondary N) is 2. The van der Waals surface area contributed by atoms with E-state index < -0.39 is 21.7 Å². The molecule has 0 aliphatic heterocycles. The molecule has 2 N–H and O–H groups in total. The second-order valence-corrected chi connectivity index (χ2v) is 6.61. The molecule has 22 heavy (non-hydrogen) atoms. The summed E-state index contributed by atoms with van der Waals surface area (Å²) in [5, 5.41) is 0. The predicted octanol–water partition coefficient (Wildman–Crippen LogP) is 1.07. The van der Waals surface area contributed by atoms with E-state index in [1.54, 1.807) is 6.92 Å². The van der Waals surface area contributed by atoms with Crippen LogP contribution in [0.3, 0.4) is 0 Å². The van der Waals surface area contributed by atoms with E-state index in [1.807, 2.05) is 0 Å². The summed E-state index contributed by atoms with van der Waals surface area (Å²) in [7, 11) is -3.41. The Balaban J connectivity index is 2.07. The van der Waals surface area contributed by atoms with Gasteiger partial charge in [0.05, 0.1) is 16.7 Å². The minimum absolute atomic E-state index is 0.0251. The lowest BCUT2D eigenvalue weighted by Crippen LogP contribution is -2.41. The highest BCUT2D eigenvalue weighted by molar-refractivity contribution is 7.90. The molecule has 2 aromatic rings. The van der Waals surface area contributed by atoms with Gasteiger partial charge < -0.3 is 4.42 Å². The summed E-state index contributed by atoms with van der Waals surface area (Å²) in [6, 6.07) is 6.99. The summed E-state index contributed by atoms with van der Waals surface area (Å²) >= 11 is 0. The van der Waals surface area contributed by atoms with Gasteiger partial charge in [-0.3, -0.25) is 20.4 Å². The van der Waals surface area contributed by atoms with Crippen molar-refractivity contribution in [2.45, 2.75) is 11.8 Å². The molecule has 2 rings (SSSR count). The van der Waals surface area contributed by atoms with Crippen molar-refractivity contribution in [3.05, 3.63) is 53.5 Å². The minimum Gasteiger partial charge on any atom is -0.469 e. The Morgan fingerprint density at radius 2 is 1.77 bits per heavy atom. The number of furan rings is 1. The second-order valence-electron chi connectivity index (χ2n) is 4.60. The zero-order valence-electron chi connectivity index (χ0n) is 11.9. The van der Waals surface area contributed by atoms with Crippen LogP contribution in [0.25, 0.3) is 0 Å². The monoisotopic (exact) mass is 322 g/mol. The van der Waals surface area contributed by atoms with Crippen LogP contribution in [0.15, 0.2) is 45.9 Å². The molecule has 116 valence electrons. The number of carbonyl (C=O) groups is 2. The van der Waals surface area contributed by atoms with Gasteiger partial charge in [0, 0.05) is 11.8 Å². The number of amides is 2. The van der Waals surface area contributed by atoms with Crippen LogP contribution in [0.2, 0.25) is 0 Å². The normalized spacial score (nSPS) is 11.0. The van der Waals surface area contributed by atoms with E-state index in [4.69, 9.17) is 4.42 Å². The Kier molecular flexibility index (Phi) is 4.32. The van der Waals surface area contributed by atoms with Crippen molar-refractivity contribution in [2.24, 2.45) is 0 Å². The molecule has 0 unspecified atom stereocenters. The van der Waals surface area contributed by atoms with Crippen LogP contribution < -0.4 is 10.9 Å². The van der Waals surface area contributed by atoms with Crippen molar-refractivity contribution in [2.75, 3.05) is 6.26 Å². The van der Waals surface area contributed by atoms with Crippen LogP contribution in [0.1, 0.15) is 26.5 Å². The van der Waals surface area contributed by atoms with Gasteiger partial charge >= 0.3 is 0 Å². The summed E-state index contributed by atoms with van der Waals surface area (Å²) in [6.45, 7) is 1.62. The molecular formula is C14H14N2O5S. The van der Waals surface area contributed by atoms with Crippen LogP contribution in [0.5, 0.6) is 0 Å². The number of sulfone groups is 1. The van der Waals surface area contributed by atoms with Crippen molar-refractivity contribution in [3.8, 4) is 0 Å². The maximum absolute atomic E-state index is 11.9. The molecule has 8 heteroatoms. The van der Waals surface area contributed by atoms with E-state index in [2.05, 4.69) is 10.9 Å². The Morgan fingerprint density at radius 3 is 2.36 bits per heavy atom. The van der Waals surface area contributed by atoms with Gasteiger partial charge in [-0.1, -0.05) is 6.07 Å². The van der Waals surface area contributed by atoms with E-state index in [9.17, 15) is 18.0 Å². The first-order valence-electron chi connectivity index (χ1n) is 6.24. The molecular weight excluding hydrogens is 308 g/mol. The molecule has 0 aliphatic carbocycles. The third-order valence-corrected chi connectivity index (χ3v) is 4.03. The van der Waals surface area contributed by atoms with Crippen molar-refractivity contribution in [1.82, 2.24) is 10.9 Å².